The number of aliphatic hydroxyl groups excluding tert-OH is 2. The summed E-state index contributed by atoms with van der Waals surface area (Å²) in [4.78, 5) is 0. The number of sulfone groups is 1. The van der Waals surface area contributed by atoms with Crippen molar-refractivity contribution in [1.82, 2.24) is 0 Å². The quantitative estimate of drug-likeness (QED) is 0.849. The molecule has 7 heteroatoms. The third kappa shape index (κ3) is 3.71. The summed E-state index contributed by atoms with van der Waals surface area (Å²) < 4.78 is 23.3. The first kappa shape index (κ1) is 17.0. The van der Waals surface area contributed by atoms with E-state index in [1.54, 1.807) is 18.2 Å². The number of halogens is 2. The van der Waals surface area contributed by atoms with Gasteiger partial charge in [0, 0.05) is 5.41 Å². The second kappa shape index (κ2) is 6.42. The minimum Gasteiger partial charge on any atom is -0.396 e. The lowest BCUT2D eigenvalue weighted by molar-refractivity contribution is 0.0124. The van der Waals surface area contributed by atoms with Gasteiger partial charge in [-0.25, -0.2) is 8.42 Å². The standard InChI is InChI=1S/C14H18Cl2O4S/c15-12-2-1-10(5-13(12)16)6-14(8-17,9-18)11-3-4-21(19,20)7-11/h1-2,5,11,17-18H,3-4,6-9H2. The van der Waals surface area contributed by atoms with Crippen LogP contribution in [0, 0.1) is 11.3 Å². The number of aliphatic hydroxyl groups is 2. The fraction of sp³-hybridized carbons (Fsp3) is 0.571. The molecule has 0 spiro atoms. The number of benzene rings is 1. The lowest BCUT2D eigenvalue weighted by Crippen LogP contribution is -2.41. The van der Waals surface area contributed by atoms with Crippen molar-refractivity contribution in [2.24, 2.45) is 11.3 Å². The van der Waals surface area contributed by atoms with Crippen LogP contribution in [0.5, 0.6) is 0 Å². The molecule has 1 aliphatic heterocycles. The smallest absolute Gasteiger partial charge is 0.150 e. The van der Waals surface area contributed by atoms with E-state index in [4.69, 9.17) is 23.2 Å². The number of hydrogen-bond donors (Lipinski definition) is 2. The van der Waals surface area contributed by atoms with E-state index < -0.39 is 15.3 Å². The van der Waals surface area contributed by atoms with Crippen LogP contribution in [0.1, 0.15) is 12.0 Å². The second-order valence-corrected chi connectivity index (χ2v) is 8.75. The van der Waals surface area contributed by atoms with Gasteiger partial charge in [0.1, 0.15) is 0 Å². The topological polar surface area (TPSA) is 74.6 Å². The zero-order valence-corrected chi connectivity index (χ0v) is 13.8. The summed E-state index contributed by atoms with van der Waals surface area (Å²) in [5.41, 5.74) is -0.0439. The van der Waals surface area contributed by atoms with Crippen LogP contribution in [0.4, 0.5) is 0 Å². The van der Waals surface area contributed by atoms with E-state index in [9.17, 15) is 18.6 Å². The van der Waals surface area contributed by atoms with Gasteiger partial charge in [0.05, 0.1) is 34.8 Å². The molecule has 0 amide bonds. The highest BCUT2D eigenvalue weighted by Gasteiger charge is 2.44. The molecule has 1 aromatic rings. The average molecular weight is 353 g/mol. The van der Waals surface area contributed by atoms with E-state index in [1.165, 1.54) is 0 Å². The van der Waals surface area contributed by atoms with Gasteiger partial charge in [-0.1, -0.05) is 29.3 Å². The summed E-state index contributed by atoms with van der Waals surface area (Å²) in [5.74, 6) is -0.136. The number of hydrogen-bond acceptors (Lipinski definition) is 4. The molecule has 118 valence electrons. The van der Waals surface area contributed by atoms with Crippen LogP contribution in [0.25, 0.3) is 0 Å². The van der Waals surface area contributed by atoms with E-state index in [1.807, 2.05) is 0 Å². The molecule has 0 radical (unpaired) electrons. The second-order valence-electron chi connectivity index (χ2n) is 5.70. The molecule has 1 atom stereocenters. The molecule has 1 aliphatic rings. The molecular weight excluding hydrogens is 335 g/mol. The Morgan fingerprint density at radius 1 is 1.19 bits per heavy atom. The van der Waals surface area contributed by atoms with Crippen LogP contribution in [-0.4, -0.2) is 43.4 Å². The SMILES string of the molecule is O=S1(=O)CCC(C(CO)(CO)Cc2ccc(Cl)c(Cl)c2)C1. The molecule has 1 heterocycles. The molecule has 2 rings (SSSR count). The Kier molecular flexibility index (Phi) is 5.21. The third-order valence-electron chi connectivity index (χ3n) is 4.27. The highest BCUT2D eigenvalue weighted by Crippen LogP contribution is 2.39. The Morgan fingerprint density at radius 3 is 2.33 bits per heavy atom. The molecular formula is C14H18Cl2O4S. The van der Waals surface area contributed by atoms with Gasteiger partial charge < -0.3 is 10.2 Å². The van der Waals surface area contributed by atoms with Gasteiger partial charge in [0.15, 0.2) is 9.84 Å². The highest BCUT2D eigenvalue weighted by atomic mass is 35.5. The van der Waals surface area contributed by atoms with Crippen molar-refractivity contribution in [1.29, 1.82) is 0 Å². The molecule has 1 saturated heterocycles. The van der Waals surface area contributed by atoms with E-state index in [0.29, 0.717) is 22.9 Å². The summed E-state index contributed by atoms with van der Waals surface area (Å²) in [6.07, 6.45) is 0.821. The van der Waals surface area contributed by atoms with Gasteiger partial charge in [-0.3, -0.25) is 0 Å². The van der Waals surface area contributed by atoms with Gasteiger partial charge in [-0.15, -0.1) is 0 Å². The van der Waals surface area contributed by atoms with Gasteiger partial charge in [-0.2, -0.15) is 0 Å². The predicted molar refractivity (Wildman–Crippen MR) is 83.5 cm³/mol. The minimum atomic E-state index is -3.08. The van der Waals surface area contributed by atoms with Gasteiger partial charge in [0.2, 0.25) is 0 Å². The van der Waals surface area contributed by atoms with Crippen molar-refractivity contribution in [2.45, 2.75) is 12.8 Å². The van der Waals surface area contributed by atoms with E-state index in [-0.39, 0.29) is 30.6 Å². The van der Waals surface area contributed by atoms with Crippen molar-refractivity contribution < 1.29 is 18.6 Å². The fourth-order valence-electron chi connectivity index (χ4n) is 2.90. The van der Waals surface area contributed by atoms with Crippen molar-refractivity contribution in [3.8, 4) is 0 Å². The largest absolute Gasteiger partial charge is 0.396 e. The molecule has 0 bridgehead atoms. The van der Waals surface area contributed by atoms with Crippen LogP contribution in [0.3, 0.4) is 0 Å². The number of rotatable bonds is 5. The lowest BCUT2D eigenvalue weighted by atomic mass is 9.72. The van der Waals surface area contributed by atoms with E-state index in [0.717, 1.165) is 5.56 Å². The molecule has 0 aliphatic carbocycles. The Hall–Kier alpha value is -0.330. The van der Waals surface area contributed by atoms with Crippen molar-refractivity contribution in [2.75, 3.05) is 24.7 Å². The minimum absolute atomic E-state index is 0.00937. The summed E-state index contributed by atoms with van der Waals surface area (Å²) in [6, 6.07) is 5.12. The van der Waals surface area contributed by atoms with Gasteiger partial charge in [-0.05, 0) is 36.5 Å². The molecule has 1 aromatic carbocycles. The molecule has 1 unspecified atom stereocenters. The first-order valence-electron chi connectivity index (χ1n) is 6.68. The Labute approximate surface area is 134 Å². The zero-order valence-electron chi connectivity index (χ0n) is 11.4. The molecule has 0 saturated carbocycles. The van der Waals surface area contributed by atoms with Crippen LogP contribution in [0.2, 0.25) is 10.0 Å². The molecule has 1 fully saturated rings. The van der Waals surface area contributed by atoms with Gasteiger partial charge in [0.25, 0.3) is 0 Å². The maximum absolute atomic E-state index is 11.7. The van der Waals surface area contributed by atoms with E-state index >= 15 is 0 Å². The summed E-state index contributed by atoms with van der Waals surface area (Å²) in [7, 11) is -3.08. The van der Waals surface area contributed by atoms with Crippen LogP contribution < -0.4 is 0 Å². The highest BCUT2D eigenvalue weighted by molar-refractivity contribution is 7.91. The Morgan fingerprint density at radius 2 is 1.86 bits per heavy atom. The third-order valence-corrected chi connectivity index (χ3v) is 6.78. The fourth-order valence-corrected chi connectivity index (χ4v) is 5.16. The molecule has 21 heavy (non-hydrogen) atoms. The average Bonchev–Trinajstić information content (AvgIpc) is 2.81. The maximum atomic E-state index is 11.7. The van der Waals surface area contributed by atoms with Crippen LogP contribution in [0.15, 0.2) is 18.2 Å². The van der Waals surface area contributed by atoms with Crippen molar-refractivity contribution in [3.05, 3.63) is 33.8 Å². The Balaban J connectivity index is 2.27. The summed E-state index contributed by atoms with van der Waals surface area (Å²) in [5, 5.41) is 20.4. The summed E-state index contributed by atoms with van der Waals surface area (Å²) >= 11 is 11.9. The molecule has 0 aromatic heterocycles. The first-order chi connectivity index (χ1) is 9.82. The molecule has 2 N–H and O–H groups in total. The van der Waals surface area contributed by atoms with Crippen molar-refractivity contribution in [3.63, 3.8) is 0 Å². The first-order valence-corrected chi connectivity index (χ1v) is 9.26. The predicted octanol–water partition coefficient (Wildman–Crippen LogP) is 1.94. The zero-order chi connectivity index (χ0) is 15.7. The monoisotopic (exact) mass is 352 g/mol. The lowest BCUT2D eigenvalue weighted by Gasteiger charge is -2.35. The Bertz CT molecular complexity index is 611. The summed E-state index contributed by atoms with van der Waals surface area (Å²) in [6.45, 7) is -0.548. The van der Waals surface area contributed by atoms with Gasteiger partial charge >= 0.3 is 0 Å². The van der Waals surface area contributed by atoms with Crippen molar-refractivity contribution >= 4 is 33.0 Å². The van der Waals surface area contributed by atoms with Crippen LogP contribution in [-0.2, 0) is 16.3 Å². The maximum Gasteiger partial charge on any atom is 0.150 e. The van der Waals surface area contributed by atoms with E-state index in [2.05, 4.69) is 0 Å². The van der Waals surface area contributed by atoms with Crippen LogP contribution >= 0.6 is 23.2 Å². The molecule has 4 nitrogen and oxygen atoms in total. The normalized spacial score (nSPS) is 21.6.